The molecular weight excluding hydrogens is 254 g/mol. The summed E-state index contributed by atoms with van der Waals surface area (Å²) in [5.74, 6) is 1.80. The lowest BCUT2D eigenvalue weighted by molar-refractivity contribution is -0.119. The molecule has 1 heterocycles. The summed E-state index contributed by atoms with van der Waals surface area (Å²) in [4.78, 5) is 12.8. The number of rotatable bonds is 7. The molecule has 1 aliphatic carbocycles. The van der Waals surface area contributed by atoms with Crippen LogP contribution in [-0.2, 0) is 10.5 Å². The zero-order valence-electron chi connectivity index (χ0n) is 9.59. The van der Waals surface area contributed by atoms with Crippen molar-refractivity contribution < 1.29 is 9.90 Å². The van der Waals surface area contributed by atoms with E-state index in [-0.39, 0.29) is 12.0 Å². The van der Waals surface area contributed by atoms with E-state index in [1.165, 1.54) is 4.88 Å². The number of amides is 1. The Morgan fingerprint density at radius 1 is 1.65 bits per heavy atom. The van der Waals surface area contributed by atoms with Gasteiger partial charge in [-0.25, -0.2) is 0 Å². The van der Waals surface area contributed by atoms with Crippen LogP contribution in [0.3, 0.4) is 0 Å². The van der Waals surface area contributed by atoms with Crippen molar-refractivity contribution in [2.24, 2.45) is 5.92 Å². The maximum Gasteiger partial charge on any atom is 0.230 e. The Morgan fingerprint density at radius 3 is 3.12 bits per heavy atom. The molecule has 1 amide bonds. The second kappa shape index (κ2) is 6.42. The van der Waals surface area contributed by atoms with Crippen molar-refractivity contribution in [3.8, 4) is 0 Å². The zero-order valence-corrected chi connectivity index (χ0v) is 11.2. The second-order valence-corrected chi connectivity index (χ2v) is 6.30. The molecule has 0 aromatic carbocycles. The molecule has 17 heavy (non-hydrogen) atoms. The predicted octanol–water partition coefficient (Wildman–Crippen LogP) is 1.87. The van der Waals surface area contributed by atoms with Gasteiger partial charge < -0.3 is 10.4 Å². The summed E-state index contributed by atoms with van der Waals surface area (Å²) in [6, 6.07) is 4.10. The van der Waals surface area contributed by atoms with Gasteiger partial charge in [-0.1, -0.05) is 6.07 Å². The van der Waals surface area contributed by atoms with Crippen molar-refractivity contribution >= 4 is 29.0 Å². The third-order valence-corrected chi connectivity index (χ3v) is 4.77. The molecule has 3 nitrogen and oxygen atoms in total. The van der Waals surface area contributed by atoms with Crippen LogP contribution in [-0.4, -0.2) is 29.4 Å². The Hall–Kier alpha value is -0.520. The molecule has 94 valence electrons. The number of aliphatic hydroxyl groups excluding tert-OH is 1. The highest BCUT2D eigenvalue weighted by atomic mass is 32.2. The molecule has 0 spiro atoms. The van der Waals surface area contributed by atoms with Crippen LogP contribution < -0.4 is 5.32 Å². The summed E-state index contributed by atoms with van der Waals surface area (Å²) in [6.07, 6.45) is 1.86. The fourth-order valence-electron chi connectivity index (χ4n) is 1.56. The first-order valence-electron chi connectivity index (χ1n) is 5.80. The third-order valence-electron chi connectivity index (χ3n) is 2.73. The fraction of sp³-hybridized carbons (Fsp3) is 0.583. The van der Waals surface area contributed by atoms with Crippen LogP contribution in [0.5, 0.6) is 0 Å². The van der Waals surface area contributed by atoms with Crippen LogP contribution in [0.1, 0.15) is 17.7 Å². The molecule has 5 heteroatoms. The van der Waals surface area contributed by atoms with Gasteiger partial charge in [0, 0.05) is 17.2 Å². The number of aliphatic hydroxyl groups is 1. The van der Waals surface area contributed by atoms with E-state index in [2.05, 4.69) is 11.4 Å². The molecule has 2 rings (SSSR count). The Kier molecular flexibility index (Phi) is 4.88. The normalized spacial score (nSPS) is 16.8. The summed E-state index contributed by atoms with van der Waals surface area (Å²) in [5, 5.41) is 14.4. The number of hydrogen-bond donors (Lipinski definition) is 2. The number of carbonyl (C=O) groups is 1. The molecule has 1 fully saturated rings. The first kappa shape index (κ1) is 12.9. The highest BCUT2D eigenvalue weighted by Crippen LogP contribution is 2.32. The molecule has 1 atom stereocenters. The van der Waals surface area contributed by atoms with Gasteiger partial charge in [-0.2, -0.15) is 0 Å². The monoisotopic (exact) mass is 271 g/mol. The van der Waals surface area contributed by atoms with E-state index in [0.717, 1.165) is 18.6 Å². The van der Waals surface area contributed by atoms with Crippen LogP contribution in [0.2, 0.25) is 0 Å². The Labute approximate surface area is 110 Å². The smallest absolute Gasteiger partial charge is 0.230 e. The van der Waals surface area contributed by atoms with Gasteiger partial charge >= 0.3 is 0 Å². The van der Waals surface area contributed by atoms with Gasteiger partial charge in [-0.3, -0.25) is 4.79 Å². The van der Waals surface area contributed by atoms with Crippen molar-refractivity contribution in [2.75, 3.05) is 12.3 Å². The van der Waals surface area contributed by atoms with E-state index in [4.69, 9.17) is 0 Å². The highest BCUT2D eigenvalue weighted by Gasteiger charge is 2.29. The average Bonchev–Trinajstić information content (AvgIpc) is 3.05. The van der Waals surface area contributed by atoms with Crippen molar-refractivity contribution in [3.63, 3.8) is 0 Å². The van der Waals surface area contributed by atoms with Gasteiger partial charge in [0.2, 0.25) is 5.91 Å². The number of thiophene rings is 1. The Balaban J connectivity index is 1.54. The topological polar surface area (TPSA) is 49.3 Å². The van der Waals surface area contributed by atoms with Gasteiger partial charge in [-0.15, -0.1) is 23.1 Å². The number of carbonyl (C=O) groups excluding carboxylic acids is 1. The van der Waals surface area contributed by atoms with Gasteiger partial charge in [0.25, 0.3) is 0 Å². The summed E-state index contributed by atoms with van der Waals surface area (Å²) in [7, 11) is 0. The average molecular weight is 271 g/mol. The van der Waals surface area contributed by atoms with E-state index in [0.29, 0.717) is 18.2 Å². The molecule has 2 N–H and O–H groups in total. The summed E-state index contributed by atoms with van der Waals surface area (Å²) >= 11 is 3.32. The minimum Gasteiger partial charge on any atom is -0.391 e. The zero-order chi connectivity index (χ0) is 12.1. The summed E-state index contributed by atoms with van der Waals surface area (Å²) < 4.78 is 0. The lowest BCUT2D eigenvalue weighted by Crippen LogP contribution is -2.34. The molecule has 1 aromatic heterocycles. The van der Waals surface area contributed by atoms with E-state index in [1.807, 2.05) is 11.4 Å². The van der Waals surface area contributed by atoms with Crippen LogP contribution in [0, 0.1) is 5.92 Å². The second-order valence-electron chi connectivity index (χ2n) is 4.28. The fourth-order valence-corrected chi connectivity index (χ4v) is 3.25. The van der Waals surface area contributed by atoms with Crippen LogP contribution in [0.15, 0.2) is 17.5 Å². The largest absolute Gasteiger partial charge is 0.391 e. The van der Waals surface area contributed by atoms with E-state index in [1.54, 1.807) is 23.1 Å². The van der Waals surface area contributed by atoms with E-state index < -0.39 is 0 Å². The molecule has 0 saturated heterocycles. The summed E-state index contributed by atoms with van der Waals surface area (Å²) in [6.45, 7) is 0.406. The lowest BCUT2D eigenvalue weighted by atomic mass is 10.2. The molecular formula is C12H17NO2S2. The maximum absolute atomic E-state index is 11.5. The number of thioether (sulfide) groups is 1. The van der Waals surface area contributed by atoms with Crippen LogP contribution in [0.25, 0.3) is 0 Å². The Bertz CT molecular complexity index is 349. The molecule has 1 saturated carbocycles. The highest BCUT2D eigenvalue weighted by molar-refractivity contribution is 7.99. The number of hydrogen-bond acceptors (Lipinski definition) is 4. The van der Waals surface area contributed by atoms with E-state index in [9.17, 15) is 9.90 Å². The summed E-state index contributed by atoms with van der Waals surface area (Å²) in [5.41, 5.74) is 0. The van der Waals surface area contributed by atoms with Gasteiger partial charge in [0.05, 0.1) is 11.9 Å². The van der Waals surface area contributed by atoms with Crippen molar-refractivity contribution in [3.05, 3.63) is 22.4 Å². The molecule has 0 radical (unpaired) electrons. The van der Waals surface area contributed by atoms with Crippen molar-refractivity contribution in [1.29, 1.82) is 0 Å². The van der Waals surface area contributed by atoms with Crippen molar-refractivity contribution in [2.45, 2.75) is 24.7 Å². The minimum atomic E-state index is -0.346. The quantitative estimate of drug-likeness (QED) is 0.796. The van der Waals surface area contributed by atoms with Gasteiger partial charge in [-0.05, 0) is 30.2 Å². The van der Waals surface area contributed by atoms with Gasteiger partial charge in [0.15, 0.2) is 0 Å². The number of nitrogens with one attached hydrogen (secondary N) is 1. The maximum atomic E-state index is 11.5. The van der Waals surface area contributed by atoms with Gasteiger partial charge in [0.1, 0.15) is 0 Å². The molecule has 0 bridgehead atoms. The van der Waals surface area contributed by atoms with Crippen LogP contribution in [0.4, 0.5) is 0 Å². The standard InChI is InChI=1S/C12H17NO2S2/c14-11(9-3-4-9)6-13-12(15)8-16-7-10-2-1-5-17-10/h1-2,5,9,11,14H,3-4,6-8H2,(H,13,15). The molecule has 1 aromatic rings. The first-order chi connectivity index (χ1) is 8.25. The molecule has 1 unspecified atom stereocenters. The van der Waals surface area contributed by atoms with E-state index >= 15 is 0 Å². The lowest BCUT2D eigenvalue weighted by Gasteiger charge is -2.10. The Morgan fingerprint density at radius 2 is 2.47 bits per heavy atom. The third kappa shape index (κ3) is 4.69. The first-order valence-corrected chi connectivity index (χ1v) is 7.84. The SMILES string of the molecule is O=C(CSCc1cccs1)NCC(O)C1CC1. The van der Waals surface area contributed by atoms with Crippen molar-refractivity contribution in [1.82, 2.24) is 5.32 Å². The minimum absolute atomic E-state index is 0.0197. The predicted molar refractivity (Wildman–Crippen MR) is 72.2 cm³/mol. The molecule has 1 aliphatic rings. The molecule has 0 aliphatic heterocycles. The van der Waals surface area contributed by atoms with Crippen LogP contribution >= 0.6 is 23.1 Å².